The molecule has 142 valence electrons. The van der Waals surface area contributed by atoms with Crippen molar-refractivity contribution in [2.75, 3.05) is 26.2 Å². The first kappa shape index (κ1) is 18.1. The fourth-order valence-electron chi connectivity index (χ4n) is 3.23. The number of carbonyl (C=O) groups excluding carboxylic acids is 1. The second-order valence-electron chi connectivity index (χ2n) is 6.58. The number of amides is 1. The van der Waals surface area contributed by atoms with Crippen LogP contribution in [0.25, 0.3) is 10.1 Å². The number of aromatic nitrogens is 2. The predicted octanol–water partition coefficient (Wildman–Crippen LogP) is 2.17. The third kappa shape index (κ3) is 3.50. The highest BCUT2D eigenvalue weighted by atomic mass is 32.2. The van der Waals surface area contributed by atoms with Crippen molar-refractivity contribution in [1.29, 1.82) is 0 Å². The van der Waals surface area contributed by atoms with E-state index in [1.165, 1.54) is 28.2 Å². The first-order chi connectivity index (χ1) is 12.9. The maximum absolute atomic E-state index is 12.9. The monoisotopic (exact) mass is 404 g/mol. The van der Waals surface area contributed by atoms with Crippen molar-refractivity contribution in [2.24, 2.45) is 7.05 Å². The maximum Gasteiger partial charge on any atom is 0.264 e. The Labute approximate surface area is 161 Å². The molecule has 4 rings (SSSR count). The Bertz CT molecular complexity index is 1050. The molecule has 9 heteroatoms. The first-order valence-corrected chi connectivity index (χ1v) is 11.0. The van der Waals surface area contributed by atoms with E-state index >= 15 is 0 Å². The first-order valence-electron chi connectivity index (χ1n) is 8.71. The number of aryl methyl sites for hydroxylation is 1. The predicted molar refractivity (Wildman–Crippen MR) is 104 cm³/mol. The van der Waals surface area contributed by atoms with Crippen LogP contribution in [0.15, 0.2) is 47.9 Å². The number of thiophene rings is 1. The Balaban J connectivity index is 1.50. The molecule has 0 aliphatic carbocycles. The van der Waals surface area contributed by atoms with Gasteiger partial charge in [0, 0.05) is 44.1 Å². The van der Waals surface area contributed by atoms with E-state index in [1.54, 1.807) is 16.5 Å². The van der Waals surface area contributed by atoms with E-state index in [1.807, 2.05) is 30.3 Å². The zero-order chi connectivity index (χ0) is 19.0. The topological polar surface area (TPSA) is 75.5 Å². The Hall–Kier alpha value is -2.23. The third-order valence-corrected chi connectivity index (χ3v) is 7.55. The summed E-state index contributed by atoms with van der Waals surface area (Å²) in [5.41, 5.74) is 0. The van der Waals surface area contributed by atoms with Crippen molar-refractivity contribution < 1.29 is 13.2 Å². The van der Waals surface area contributed by atoms with Gasteiger partial charge in [-0.15, -0.1) is 11.3 Å². The zero-order valence-corrected chi connectivity index (χ0v) is 16.5. The normalized spacial score (nSPS) is 16.6. The van der Waals surface area contributed by atoms with E-state index in [4.69, 9.17) is 0 Å². The zero-order valence-electron chi connectivity index (χ0n) is 14.9. The second kappa shape index (κ2) is 7.06. The average Bonchev–Trinajstić information content (AvgIpc) is 3.20. The lowest BCUT2D eigenvalue weighted by Gasteiger charge is -2.20. The molecule has 1 aliphatic rings. The number of rotatable bonds is 3. The van der Waals surface area contributed by atoms with Gasteiger partial charge in [-0.05, 0) is 23.9 Å². The number of fused-ring (bicyclic) bond motifs is 1. The quantitative estimate of drug-likeness (QED) is 0.671. The van der Waals surface area contributed by atoms with Gasteiger partial charge in [0.25, 0.3) is 15.9 Å². The van der Waals surface area contributed by atoms with Crippen molar-refractivity contribution in [1.82, 2.24) is 18.8 Å². The minimum Gasteiger partial charge on any atom is -0.339 e. The summed E-state index contributed by atoms with van der Waals surface area (Å²) in [6.07, 6.45) is 3.57. The molecule has 1 fully saturated rings. The van der Waals surface area contributed by atoms with Crippen molar-refractivity contribution in [3.05, 3.63) is 47.7 Å². The molecule has 1 amide bonds. The molecule has 1 aromatic carbocycles. The highest BCUT2D eigenvalue weighted by Gasteiger charge is 2.30. The third-order valence-electron chi connectivity index (χ3n) is 4.66. The molecule has 3 aromatic rings. The molecule has 0 saturated carbocycles. The Morgan fingerprint density at radius 2 is 1.96 bits per heavy atom. The Kier molecular flexibility index (Phi) is 4.75. The van der Waals surface area contributed by atoms with E-state index in [9.17, 15) is 13.2 Å². The van der Waals surface area contributed by atoms with Crippen LogP contribution >= 0.6 is 11.3 Å². The van der Waals surface area contributed by atoms with Crippen LogP contribution in [0.2, 0.25) is 0 Å². The number of carbonyl (C=O) groups is 1. The second-order valence-corrected chi connectivity index (χ2v) is 9.54. The summed E-state index contributed by atoms with van der Waals surface area (Å²) in [6.45, 7) is 1.57. The molecule has 0 spiro atoms. The molecule has 1 aliphatic heterocycles. The van der Waals surface area contributed by atoms with E-state index in [-0.39, 0.29) is 17.5 Å². The summed E-state index contributed by atoms with van der Waals surface area (Å²) >= 11 is 1.48. The van der Waals surface area contributed by atoms with Gasteiger partial charge in [0.15, 0.2) is 5.03 Å². The lowest BCUT2D eigenvalue weighted by molar-refractivity contribution is 0.0769. The fraction of sp³-hybridized carbons (Fsp3) is 0.333. The van der Waals surface area contributed by atoms with Crippen LogP contribution in [0.1, 0.15) is 16.1 Å². The van der Waals surface area contributed by atoms with Crippen molar-refractivity contribution in [2.45, 2.75) is 11.4 Å². The van der Waals surface area contributed by atoms with Gasteiger partial charge in [0.2, 0.25) is 0 Å². The number of hydrogen-bond donors (Lipinski definition) is 0. The van der Waals surface area contributed by atoms with Crippen LogP contribution in [0.4, 0.5) is 0 Å². The van der Waals surface area contributed by atoms with Gasteiger partial charge < -0.3 is 9.47 Å². The van der Waals surface area contributed by atoms with E-state index in [0.717, 1.165) is 10.1 Å². The molecule has 0 atom stereocenters. The highest BCUT2D eigenvalue weighted by Crippen LogP contribution is 2.27. The molecule has 1 saturated heterocycles. The molecule has 0 unspecified atom stereocenters. The molecule has 2 aromatic heterocycles. The summed E-state index contributed by atoms with van der Waals surface area (Å²) in [4.78, 5) is 19.3. The molecule has 0 N–H and O–H groups in total. The largest absolute Gasteiger partial charge is 0.339 e. The van der Waals surface area contributed by atoms with Crippen LogP contribution in [-0.2, 0) is 17.1 Å². The van der Waals surface area contributed by atoms with Crippen LogP contribution in [0.5, 0.6) is 0 Å². The summed E-state index contributed by atoms with van der Waals surface area (Å²) in [5, 5.41) is 1.11. The summed E-state index contributed by atoms with van der Waals surface area (Å²) < 4.78 is 29.6. The van der Waals surface area contributed by atoms with Crippen molar-refractivity contribution >= 4 is 37.4 Å². The van der Waals surface area contributed by atoms with Gasteiger partial charge in [-0.3, -0.25) is 4.79 Å². The number of imidazole rings is 1. The summed E-state index contributed by atoms with van der Waals surface area (Å²) in [5.74, 6) is -0.0340. The Morgan fingerprint density at radius 1 is 1.15 bits per heavy atom. The molecule has 27 heavy (non-hydrogen) atoms. The molecule has 0 radical (unpaired) electrons. The van der Waals surface area contributed by atoms with Crippen LogP contribution in [-0.4, -0.2) is 59.3 Å². The minimum atomic E-state index is -3.63. The maximum atomic E-state index is 12.9. The standard InChI is InChI=1S/C18H20N4O3S2/c1-20-12-17(19-13-20)27(24,25)22-8-4-7-21(9-10-22)18(23)16-11-14-5-2-3-6-15(14)26-16/h2-3,5-6,11-13H,4,7-10H2,1H3. The summed E-state index contributed by atoms with van der Waals surface area (Å²) in [6, 6.07) is 9.82. The molecular formula is C18H20N4O3S2. The van der Waals surface area contributed by atoms with Gasteiger partial charge in [-0.25, -0.2) is 13.4 Å². The van der Waals surface area contributed by atoms with Crippen LogP contribution in [0.3, 0.4) is 0 Å². The number of hydrogen-bond acceptors (Lipinski definition) is 5. The number of sulfonamides is 1. The highest BCUT2D eigenvalue weighted by molar-refractivity contribution is 7.89. The summed E-state index contributed by atoms with van der Waals surface area (Å²) in [7, 11) is -1.90. The van der Waals surface area contributed by atoms with Gasteiger partial charge in [0.1, 0.15) is 0 Å². The SMILES string of the molecule is Cn1cnc(S(=O)(=O)N2CCCN(C(=O)c3cc4ccccc4s3)CC2)c1. The van der Waals surface area contributed by atoms with Gasteiger partial charge in [-0.1, -0.05) is 18.2 Å². The van der Waals surface area contributed by atoms with E-state index < -0.39 is 10.0 Å². The van der Waals surface area contributed by atoms with Crippen LogP contribution < -0.4 is 0 Å². The minimum absolute atomic E-state index is 0.0340. The molecule has 0 bridgehead atoms. The molecule has 7 nitrogen and oxygen atoms in total. The number of benzene rings is 1. The lowest BCUT2D eigenvalue weighted by Crippen LogP contribution is -2.37. The fourth-order valence-corrected chi connectivity index (χ4v) is 5.70. The van der Waals surface area contributed by atoms with E-state index in [2.05, 4.69) is 4.98 Å². The van der Waals surface area contributed by atoms with E-state index in [0.29, 0.717) is 30.9 Å². The smallest absolute Gasteiger partial charge is 0.264 e. The van der Waals surface area contributed by atoms with Gasteiger partial charge >= 0.3 is 0 Å². The molecule has 3 heterocycles. The van der Waals surface area contributed by atoms with Crippen LogP contribution in [0, 0.1) is 0 Å². The lowest BCUT2D eigenvalue weighted by atomic mass is 10.2. The van der Waals surface area contributed by atoms with Crippen molar-refractivity contribution in [3.63, 3.8) is 0 Å². The van der Waals surface area contributed by atoms with Gasteiger partial charge in [0.05, 0.1) is 11.2 Å². The Morgan fingerprint density at radius 3 is 2.70 bits per heavy atom. The average molecular weight is 405 g/mol. The molecular weight excluding hydrogens is 384 g/mol. The van der Waals surface area contributed by atoms with Gasteiger partial charge in [-0.2, -0.15) is 4.31 Å². The number of nitrogens with zero attached hydrogens (tertiary/aromatic N) is 4. The van der Waals surface area contributed by atoms with Crippen molar-refractivity contribution in [3.8, 4) is 0 Å².